The number of hydrogen-bond acceptors (Lipinski definition) is 5. The lowest BCUT2D eigenvalue weighted by atomic mass is 10.1. The number of esters is 1. The molecule has 1 heterocycles. The van der Waals surface area contributed by atoms with Gasteiger partial charge in [0.2, 0.25) is 0 Å². The average molecular weight is 393 g/mol. The molecule has 7 nitrogen and oxygen atoms in total. The standard InChI is InChI=1S/C22H23N3O4/c1-2-29-22(28)19(15-26)23-21(27)20-13-18(17-11-7-4-8-12-17)24-25(20)14-16-9-5-3-6-10-16/h3-13,19,26H,2,14-15H2,1H3,(H,23,27)/t19-/m1/s1. The molecule has 3 rings (SSSR count). The predicted molar refractivity (Wildman–Crippen MR) is 108 cm³/mol. The molecule has 150 valence electrons. The van der Waals surface area contributed by atoms with Gasteiger partial charge in [0.25, 0.3) is 5.91 Å². The second-order valence-electron chi connectivity index (χ2n) is 6.38. The molecule has 1 atom stereocenters. The molecule has 0 fully saturated rings. The number of carbonyl (C=O) groups is 2. The number of nitrogens with one attached hydrogen (secondary N) is 1. The summed E-state index contributed by atoms with van der Waals surface area (Å²) in [7, 11) is 0. The summed E-state index contributed by atoms with van der Waals surface area (Å²) >= 11 is 0. The van der Waals surface area contributed by atoms with Gasteiger partial charge in [-0.1, -0.05) is 60.7 Å². The number of nitrogens with zero attached hydrogens (tertiary/aromatic N) is 2. The van der Waals surface area contributed by atoms with Crippen LogP contribution < -0.4 is 5.32 Å². The lowest BCUT2D eigenvalue weighted by Gasteiger charge is -2.15. The van der Waals surface area contributed by atoms with Gasteiger partial charge in [0.05, 0.1) is 25.5 Å². The first-order chi connectivity index (χ1) is 14.1. The minimum atomic E-state index is -1.14. The Bertz CT molecular complexity index is 955. The van der Waals surface area contributed by atoms with Crippen LogP contribution in [0, 0.1) is 0 Å². The highest BCUT2D eigenvalue weighted by Gasteiger charge is 2.24. The normalized spacial score (nSPS) is 11.7. The summed E-state index contributed by atoms with van der Waals surface area (Å²) in [6, 6.07) is 19.7. The molecule has 3 aromatic rings. The second-order valence-corrected chi connectivity index (χ2v) is 6.38. The predicted octanol–water partition coefficient (Wildman–Crippen LogP) is 2.25. The van der Waals surface area contributed by atoms with E-state index in [0.29, 0.717) is 12.2 Å². The minimum Gasteiger partial charge on any atom is -0.464 e. The highest BCUT2D eigenvalue weighted by atomic mass is 16.5. The number of ether oxygens (including phenoxy) is 1. The van der Waals surface area contributed by atoms with E-state index in [4.69, 9.17) is 4.74 Å². The van der Waals surface area contributed by atoms with Gasteiger partial charge in [0.1, 0.15) is 5.69 Å². The van der Waals surface area contributed by atoms with Gasteiger partial charge < -0.3 is 15.2 Å². The summed E-state index contributed by atoms with van der Waals surface area (Å²) in [5, 5.41) is 16.6. The molecule has 2 N–H and O–H groups in total. The average Bonchev–Trinajstić information content (AvgIpc) is 3.17. The number of aromatic nitrogens is 2. The van der Waals surface area contributed by atoms with Crippen LogP contribution >= 0.6 is 0 Å². The fraction of sp³-hybridized carbons (Fsp3) is 0.227. The van der Waals surface area contributed by atoms with Gasteiger partial charge in [-0.05, 0) is 18.6 Å². The monoisotopic (exact) mass is 393 g/mol. The van der Waals surface area contributed by atoms with E-state index in [-0.39, 0.29) is 12.3 Å². The van der Waals surface area contributed by atoms with Crippen molar-refractivity contribution in [3.63, 3.8) is 0 Å². The van der Waals surface area contributed by atoms with E-state index >= 15 is 0 Å². The number of amides is 1. The third kappa shape index (κ3) is 5.08. The summed E-state index contributed by atoms with van der Waals surface area (Å²) in [4.78, 5) is 24.8. The van der Waals surface area contributed by atoms with Crippen molar-refractivity contribution in [3.05, 3.63) is 78.0 Å². The molecule has 1 aromatic heterocycles. The number of aliphatic hydroxyl groups excluding tert-OH is 1. The van der Waals surface area contributed by atoms with Crippen LogP contribution in [-0.2, 0) is 16.1 Å². The van der Waals surface area contributed by atoms with Gasteiger partial charge in [0, 0.05) is 5.56 Å². The van der Waals surface area contributed by atoms with Crippen LogP contribution in [0.1, 0.15) is 23.0 Å². The van der Waals surface area contributed by atoms with E-state index in [0.717, 1.165) is 11.1 Å². The van der Waals surface area contributed by atoms with Gasteiger partial charge in [-0.15, -0.1) is 0 Å². The van der Waals surface area contributed by atoms with Crippen molar-refractivity contribution in [2.75, 3.05) is 13.2 Å². The number of rotatable bonds is 8. The maximum Gasteiger partial charge on any atom is 0.331 e. The molecule has 0 saturated carbocycles. The molecule has 7 heteroatoms. The van der Waals surface area contributed by atoms with Crippen LogP contribution in [0.4, 0.5) is 0 Å². The summed E-state index contributed by atoms with van der Waals surface area (Å²) < 4.78 is 6.49. The first-order valence-electron chi connectivity index (χ1n) is 9.38. The highest BCUT2D eigenvalue weighted by Crippen LogP contribution is 2.20. The third-order valence-electron chi connectivity index (χ3n) is 4.32. The zero-order chi connectivity index (χ0) is 20.6. The highest BCUT2D eigenvalue weighted by molar-refractivity contribution is 5.96. The van der Waals surface area contributed by atoms with Crippen LogP contribution in [0.25, 0.3) is 11.3 Å². The summed E-state index contributed by atoms with van der Waals surface area (Å²) in [6.45, 7) is 1.66. The van der Waals surface area contributed by atoms with Crippen molar-refractivity contribution in [1.82, 2.24) is 15.1 Å². The molecule has 0 aliphatic heterocycles. The SMILES string of the molecule is CCOC(=O)[C@@H](CO)NC(=O)c1cc(-c2ccccc2)nn1Cc1ccccc1. The second kappa shape index (κ2) is 9.66. The smallest absolute Gasteiger partial charge is 0.331 e. The van der Waals surface area contributed by atoms with Crippen molar-refractivity contribution in [3.8, 4) is 11.3 Å². The fourth-order valence-corrected chi connectivity index (χ4v) is 2.88. The van der Waals surface area contributed by atoms with Gasteiger partial charge >= 0.3 is 5.97 Å². The molecular weight excluding hydrogens is 370 g/mol. The lowest BCUT2D eigenvalue weighted by molar-refractivity contribution is -0.146. The first kappa shape index (κ1) is 20.3. The zero-order valence-electron chi connectivity index (χ0n) is 16.1. The molecule has 2 aromatic carbocycles. The third-order valence-corrected chi connectivity index (χ3v) is 4.32. The minimum absolute atomic E-state index is 0.162. The maximum atomic E-state index is 12.9. The van der Waals surface area contributed by atoms with Crippen LogP contribution in [0.15, 0.2) is 66.7 Å². The maximum absolute atomic E-state index is 12.9. The largest absolute Gasteiger partial charge is 0.464 e. The van der Waals surface area contributed by atoms with E-state index in [1.165, 1.54) is 0 Å². The fourth-order valence-electron chi connectivity index (χ4n) is 2.88. The molecule has 0 aliphatic rings. The van der Waals surface area contributed by atoms with Crippen LogP contribution in [0.2, 0.25) is 0 Å². The Morgan fingerprint density at radius 3 is 2.38 bits per heavy atom. The van der Waals surface area contributed by atoms with E-state index in [9.17, 15) is 14.7 Å². The lowest BCUT2D eigenvalue weighted by Crippen LogP contribution is -2.45. The number of carbonyl (C=O) groups excluding carboxylic acids is 2. The van der Waals surface area contributed by atoms with Gasteiger partial charge in [-0.2, -0.15) is 5.10 Å². The van der Waals surface area contributed by atoms with E-state index < -0.39 is 24.5 Å². The molecule has 0 bridgehead atoms. The van der Waals surface area contributed by atoms with Crippen LogP contribution in [-0.4, -0.2) is 46.0 Å². The summed E-state index contributed by atoms with van der Waals surface area (Å²) in [5.74, 6) is -1.19. The number of benzene rings is 2. The molecule has 1 amide bonds. The summed E-state index contributed by atoms with van der Waals surface area (Å²) in [6.07, 6.45) is 0. The Labute approximate surface area is 168 Å². The van der Waals surface area contributed by atoms with Crippen molar-refractivity contribution in [2.24, 2.45) is 0 Å². The van der Waals surface area contributed by atoms with E-state index in [2.05, 4.69) is 10.4 Å². The zero-order valence-corrected chi connectivity index (χ0v) is 16.1. The molecule has 29 heavy (non-hydrogen) atoms. The van der Waals surface area contributed by atoms with Crippen molar-refractivity contribution >= 4 is 11.9 Å². The molecule has 0 saturated heterocycles. The Kier molecular flexibility index (Phi) is 6.76. The van der Waals surface area contributed by atoms with Crippen molar-refractivity contribution in [2.45, 2.75) is 19.5 Å². The Hall–Kier alpha value is -3.45. The topological polar surface area (TPSA) is 93.4 Å². The first-order valence-corrected chi connectivity index (χ1v) is 9.38. The van der Waals surface area contributed by atoms with Crippen LogP contribution in [0.5, 0.6) is 0 Å². The van der Waals surface area contributed by atoms with Gasteiger partial charge in [-0.25, -0.2) is 4.79 Å². The Morgan fingerprint density at radius 1 is 1.10 bits per heavy atom. The van der Waals surface area contributed by atoms with Gasteiger partial charge in [0.15, 0.2) is 6.04 Å². The molecular formula is C22H23N3O4. The Balaban J connectivity index is 1.91. The van der Waals surface area contributed by atoms with E-state index in [1.807, 2.05) is 60.7 Å². The van der Waals surface area contributed by atoms with Crippen molar-refractivity contribution < 1.29 is 19.4 Å². The number of aliphatic hydroxyl groups is 1. The Morgan fingerprint density at radius 2 is 1.76 bits per heavy atom. The van der Waals surface area contributed by atoms with Crippen LogP contribution in [0.3, 0.4) is 0 Å². The van der Waals surface area contributed by atoms with Gasteiger partial charge in [-0.3, -0.25) is 9.48 Å². The van der Waals surface area contributed by atoms with Crippen molar-refractivity contribution in [1.29, 1.82) is 0 Å². The molecule has 0 unspecified atom stereocenters. The quantitative estimate of drug-likeness (QED) is 0.573. The number of hydrogen-bond donors (Lipinski definition) is 2. The molecule has 0 radical (unpaired) electrons. The molecule has 0 aliphatic carbocycles. The molecule has 0 spiro atoms. The summed E-state index contributed by atoms with van der Waals surface area (Å²) in [5.41, 5.74) is 2.78. The van der Waals surface area contributed by atoms with E-state index in [1.54, 1.807) is 17.7 Å².